The van der Waals surface area contributed by atoms with Crippen molar-refractivity contribution in [1.29, 1.82) is 0 Å². The smallest absolute Gasteiger partial charge is 1.00 e. The molecule has 0 fully saturated rings. The Kier molecular flexibility index (Phi) is 3.96. The van der Waals surface area contributed by atoms with Crippen LogP contribution in [0.3, 0.4) is 0 Å². The van der Waals surface area contributed by atoms with Gasteiger partial charge in [0.1, 0.15) is 0 Å². The second-order valence-electron chi connectivity index (χ2n) is 1.09. The first-order chi connectivity index (χ1) is 2.50. The third-order valence-corrected chi connectivity index (χ3v) is 0.655. The van der Waals surface area contributed by atoms with E-state index in [1.807, 2.05) is 0 Å². The van der Waals surface area contributed by atoms with Crippen LogP contribution in [0, 0.1) is 0 Å². The van der Waals surface area contributed by atoms with Crippen molar-refractivity contribution < 1.29 is 31.0 Å². The van der Waals surface area contributed by atoms with E-state index < -0.39 is 0 Å². The second kappa shape index (κ2) is 3.66. The largest absolute Gasteiger partial charge is 1.00 e. The van der Waals surface area contributed by atoms with E-state index in [2.05, 4.69) is 24.3 Å². The van der Waals surface area contributed by atoms with Crippen molar-refractivity contribution in [1.82, 2.24) is 0 Å². The molecule has 0 bridgehead atoms. The molecule has 0 saturated heterocycles. The summed E-state index contributed by atoms with van der Waals surface area (Å²) >= 11 is 0. The van der Waals surface area contributed by atoms with Gasteiger partial charge in [0.25, 0.3) is 0 Å². The van der Waals surface area contributed by atoms with Gasteiger partial charge in [0.15, 0.2) is 0 Å². The molecule has 6 heavy (non-hydrogen) atoms. The van der Waals surface area contributed by atoms with E-state index in [1.165, 1.54) is 0 Å². The maximum absolute atomic E-state index is 2.12. The van der Waals surface area contributed by atoms with Gasteiger partial charge in [-0.15, -0.1) is 0 Å². The van der Waals surface area contributed by atoms with E-state index in [1.54, 1.807) is 0 Å². The van der Waals surface area contributed by atoms with Gasteiger partial charge in [-0.25, -0.2) is 0 Å². The fourth-order valence-electron chi connectivity index (χ4n) is 0.393. The Bertz CT molecular complexity index is 66.1. The summed E-state index contributed by atoms with van der Waals surface area (Å²) < 4.78 is 0. The summed E-state index contributed by atoms with van der Waals surface area (Å²) in [4.78, 5) is 0. The van der Waals surface area contributed by atoms with Gasteiger partial charge < -0.3 is 1.43 Å². The zero-order chi connectivity index (χ0) is 3.54. The van der Waals surface area contributed by atoms with Crippen LogP contribution < -0.4 is 29.6 Å². The van der Waals surface area contributed by atoms with Crippen LogP contribution in [0.2, 0.25) is 0 Å². The van der Waals surface area contributed by atoms with Gasteiger partial charge in [0, 0.05) is 0 Å². The van der Waals surface area contributed by atoms with Crippen molar-refractivity contribution in [3.63, 3.8) is 0 Å². The van der Waals surface area contributed by atoms with Crippen LogP contribution in [0.25, 0.3) is 0 Å². The molecule has 1 aliphatic rings. The second-order valence-corrected chi connectivity index (χ2v) is 1.09. The Labute approximate surface area is 61.7 Å². The number of hydrogen-bond donors (Lipinski definition) is 0. The molecule has 0 spiro atoms. The van der Waals surface area contributed by atoms with Crippen molar-refractivity contribution >= 4 is 0 Å². The van der Waals surface area contributed by atoms with Gasteiger partial charge in [-0.2, -0.15) is 0 Å². The van der Waals surface area contributed by atoms with Crippen molar-refractivity contribution in [3.05, 3.63) is 24.3 Å². The molecule has 0 aromatic carbocycles. The molecule has 0 saturated carbocycles. The van der Waals surface area contributed by atoms with Crippen LogP contribution in [0.15, 0.2) is 24.3 Å². The summed E-state index contributed by atoms with van der Waals surface area (Å²) in [7, 11) is 0. The molecule has 0 aromatic heterocycles. The fourth-order valence-corrected chi connectivity index (χ4v) is 0.393. The van der Waals surface area contributed by atoms with E-state index >= 15 is 0 Å². The molecule has 0 N–H and O–H groups in total. The third kappa shape index (κ3) is 1.81. The van der Waals surface area contributed by atoms with Crippen molar-refractivity contribution in [3.8, 4) is 0 Å². The van der Waals surface area contributed by atoms with Crippen LogP contribution in [0.1, 0.15) is 7.85 Å². The van der Waals surface area contributed by atoms with E-state index in [-0.39, 0.29) is 31.0 Å². The summed E-state index contributed by atoms with van der Waals surface area (Å²) in [6, 6.07) is 0. The van der Waals surface area contributed by atoms with Crippen molar-refractivity contribution in [2.24, 2.45) is 0 Å². The summed E-state index contributed by atoms with van der Waals surface area (Å²) in [5.41, 5.74) is 0. The van der Waals surface area contributed by atoms with E-state index in [4.69, 9.17) is 0 Å². The molecule has 0 aromatic rings. The van der Waals surface area contributed by atoms with Gasteiger partial charge in [-0.3, -0.25) is 0 Å². The van der Waals surface area contributed by atoms with Gasteiger partial charge in [-0.1, -0.05) is 24.3 Å². The Balaban J connectivity index is 0. The predicted molar refractivity (Wildman–Crippen MR) is 24.0 cm³/mol. The SMILES string of the molecule is C1=CCC=C1.[H-].[Na+]. The van der Waals surface area contributed by atoms with Gasteiger partial charge in [0.2, 0.25) is 0 Å². The quantitative estimate of drug-likeness (QED) is 0.321. The van der Waals surface area contributed by atoms with Crippen molar-refractivity contribution in [2.45, 2.75) is 6.42 Å². The molecule has 1 heteroatoms. The maximum Gasteiger partial charge on any atom is 1.00 e. The maximum atomic E-state index is 2.12. The molecule has 0 radical (unpaired) electrons. The Morgan fingerprint density at radius 1 is 1.17 bits per heavy atom. The van der Waals surface area contributed by atoms with E-state index in [9.17, 15) is 0 Å². The third-order valence-electron chi connectivity index (χ3n) is 0.655. The minimum Gasteiger partial charge on any atom is -1.00 e. The zero-order valence-electron chi connectivity index (χ0n) is 5.02. The summed E-state index contributed by atoms with van der Waals surface area (Å²) in [5, 5.41) is 0. The monoisotopic (exact) mass is 90.0 g/mol. The van der Waals surface area contributed by atoms with E-state index in [0.717, 1.165) is 6.42 Å². The topological polar surface area (TPSA) is 0 Å². The summed E-state index contributed by atoms with van der Waals surface area (Å²) in [5.74, 6) is 0. The van der Waals surface area contributed by atoms with Gasteiger partial charge >= 0.3 is 29.6 Å². The molecular formula is C5H7Na. The minimum absolute atomic E-state index is 0. The molecule has 0 atom stereocenters. The van der Waals surface area contributed by atoms with E-state index in [0.29, 0.717) is 0 Å². The van der Waals surface area contributed by atoms with Crippen LogP contribution in [-0.2, 0) is 0 Å². The molecule has 0 amide bonds. The summed E-state index contributed by atoms with van der Waals surface area (Å²) in [6.45, 7) is 0. The van der Waals surface area contributed by atoms with Crippen LogP contribution in [-0.4, -0.2) is 0 Å². The molecule has 1 aliphatic carbocycles. The predicted octanol–water partition coefficient (Wildman–Crippen LogP) is -1.38. The van der Waals surface area contributed by atoms with Gasteiger partial charge in [0.05, 0.1) is 0 Å². The standard InChI is InChI=1S/C5H6.Na.H/c1-2-4-5-3-1;;/h1-4H,5H2;;/q;+1;-1. The minimum atomic E-state index is 0. The molecule has 0 unspecified atom stereocenters. The summed E-state index contributed by atoms with van der Waals surface area (Å²) in [6.07, 6.45) is 9.50. The van der Waals surface area contributed by atoms with Crippen LogP contribution in [0.5, 0.6) is 0 Å². The Hall–Kier alpha value is 0.480. The van der Waals surface area contributed by atoms with Crippen molar-refractivity contribution in [2.75, 3.05) is 0 Å². The fraction of sp³-hybridized carbons (Fsp3) is 0.200. The van der Waals surface area contributed by atoms with Gasteiger partial charge in [-0.05, 0) is 6.42 Å². The molecular weight excluding hydrogens is 83.0 g/mol. The number of allylic oxidation sites excluding steroid dienone is 4. The zero-order valence-corrected chi connectivity index (χ0v) is 6.02. The molecule has 0 aliphatic heterocycles. The Morgan fingerprint density at radius 2 is 1.67 bits per heavy atom. The average molecular weight is 90.1 g/mol. The number of hydrogen-bond acceptors (Lipinski definition) is 0. The first kappa shape index (κ1) is 6.48. The number of rotatable bonds is 0. The molecule has 1 rings (SSSR count). The molecule has 0 nitrogen and oxygen atoms in total. The average Bonchev–Trinajstić information content (AvgIpc) is 1.76. The first-order valence-corrected chi connectivity index (χ1v) is 1.82. The normalized spacial score (nSPS) is 14.7. The Morgan fingerprint density at radius 3 is 1.83 bits per heavy atom. The first-order valence-electron chi connectivity index (χ1n) is 1.82. The molecule has 28 valence electrons. The van der Waals surface area contributed by atoms with Crippen LogP contribution >= 0.6 is 0 Å². The molecule has 0 heterocycles. The van der Waals surface area contributed by atoms with Crippen LogP contribution in [0.4, 0.5) is 0 Å².